The van der Waals surface area contributed by atoms with E-state index in [4.69, 9.17) is 10.1 Å². The van der Waals surface area contributed by atoms with E-state index in [9.17, 15) is 5.11 Å². The molecule has 138 valence electrons. The molecule has 1 aliphatic rings. The Labute approximate surface area is 159 Å². The maximum absolute atomic E-state index is 9.90. The highest BCUT2D eigenvalue weighted by molar-refractivity contribution is 5.59. The Hall–Kier alpha value is -2.92. The lowest BCUT2D eigenvalue weighted by molar-refractivity contribution is 0.475. The average molecular weight is 360 g/mol. The van der Waals surface area contributed by atoms with Crippen LogP contribution in [0, 0.1) is 0 Å². The standard InChI is InChI=1S/C22H24N4O/c1-22(2,3)16-11-9-15(10-12-16)21-24-20(19-8-5-13-23-19)25-26(21)17-6-4-7-18(27)14-17/h4-12,14,19,23,27H,13H2,1-3H3. The molecule has 2 heterocycles. The summed E-state index contributed by atoms with van der Waals surface area (Å²) in [5.41, 5.74) is 3.15. The molecule has 0 bridgehead atoms. The summed E-state index contributed by atoms with van der Waals surface area (Å²) in [6, 6.07) is 15.6. The van der Waals surface area contributed by atoms with Crippen LogP contribution < -0.4 is 5.32 Å². The van der Waals surface area contributed by atoms with E-state index in [0.717, 1.165) is 29.4 Å². The lowest BCUT2D eigenvalue weighted by atomic mass is 9.87. The number of phenols is 1. The van der Waals surface area contributed by atoms with E-state index >= 15 is 0 Å². The average Bonchev–Trinajstić information content (AvgIpc) is 3.31. The zero-order valence-corrected chi connectivity index (χ0v) is 15.8. The molecule has 5 nitrogen and oxygen atoms in total. The van der Waals surface area contributed by atoms with E-state index in [1.807, 2.05) is 12.1 Å². The van der Waals surface area contributed by atoms with Crippen molar-refractivity contribution in [2.45, 2.75) is 32.2 Å². The van der Waals surface area contributed by atoms with Crippen LogP contribution in [0.4, 0.5) is 0 Å². The van der Waals surface area contributed by atoms with Crippen molar-refractivity contribution in [2.24, 2.45) is 0 Å². The Kier molecular flexibility index (Phi) is 4.32. The van der Waals surface area contributed by atoms with E-state index in [1.54, 1.807) is 16.8 Å². The van der Waals surface area contributed by atoms with Gasteiger partial charge in [-0.25, -0.2) is 9.67 Å². The monoisotopic (exact) mass is 360 g/mol. The summed E-state index contributed by atoms with van der Waals surface area (Å²) in [5, 5.41) is 18.0. The zero-order chi connectivity index (χ0) is 19.0. The molecule has 0 spiro atoms. The Bertz CT molecular complexity index is 980. The van der Waals surface area contributed by atoms with Crippen LogP contribution in [0.3, 0.4) is 0 Å². The van der Waals surface area contributed by atoms with Gasteiger partial charge in [-0.15, -0.1) is 5.10 Å². The molecule has 0 amide bonds. The van der Waals surface area contributed by atoms with Gasteiger partial charge in [-0.05, 0) is 23.1 Å². The molecule has 1 unspecified atom stereocenters. The van der Waals surface area contributed by atoms with Gasteiger partial charge in [0.2, 0.25) is 0 Å². The molecule has 27 heavy (non-hydrogen) atoms. The first-order valence-corrected chi connectivity index (χ1v) is 9.19. The van der Waals surface area contributed by atoms with Crippen LogP contribution in [0.2, 0.25) is 0 Å². The fraction of sp³-hybridized carbons (Fsp3) is 0.273. The van der Waals surface area contributed by atoms with Crippen molar-refractivity contribution in [3.05, 3.63) is 72.1 Å². The first-order chi connectivity index (χ1) is 12.9. The van der Waals surface area contributed by atoms with Gasteiger partial charge in [-0.3, -0.25) is 0 Å². The second-order valence-electron chi connectivity index (χ2n) is 7.87. The Morgan fingerprint density at radius 1 is 1.11 bits per heavy atom. The number of rotatable bonds is 3. The quantitative estimate of drug-likeness (QED) is 0.689. The molecule has 0 saturated heterocycles. The highest BCUT2D eigenvalue weighted by atomic mass is 16.3. The molecule has 1 atom stereocenters. The third-order valence-electron chi connectivity index (χ3n) is 4.77. The molecular formula is C22H24N4O. The second kappa shape index (κ2) is 6.67. The van der Waals surface area contributed by atoms with Crippen LogP contribution in [-0.4, -0.2) is 26.4 Å². The summed E-state index contributed by atoms with van der Waals surface area (Å²) in [7, 11) is 0. The van der Waals surface area contributed by atoms with Crippen LogP contribution in [-0.2, 0) is 5.41 Å². The number of hydrogen-bond acceptors (Lipinski definition) is 4. The van der Waals surface area contributed by atoms with Crippen LogP contribution in [0.1, 0.15) is 38.2 Å². The molecule has 2 aromatic carbocycles. The summed E-state index contributed by atoms with van der Waals surface area (Å²) in [5.74, 6) is 1.69. The number of hydrogen-bond donors (Lipinski definition) is 2. The fourth-order valence-electron chi connectivity index (χ4n) is 3.22. The van der Waals surface area contributed by atoms with E-state index < -0.39 is 0 Å². The van der Waals surface area contributed by atoms with Gasteiger partial charge in [0, 0.05) is 18.2 Å². The number of aromatic hydroxyl groups is 1. The van der Waals surface area contributed by atoms with Crippen molar-refractivity contribution in [1.82, 2.24) is 20.1 Å². The van der Waals surface area contributed by atoms with Crippen molar-refractivity contribution >= 4 is 0 Å². The lowest BCUT2D eigenvalue weighted by Gasteiger charge is -2.19. The maximum atomic E-state index is 9.90. The molecule has 0 aliphatic carbocycles. The predicted octanol–water partition coefficient (Wildman–Crippen LogP) is 4.14. The van der Waals surface area contributed by atoms with Gasteiger partial charge in [-0.2, -0.15) is 0 Å². The molecule has 5 heteroatoms. The molecule has 0 radical (unpaired) electrons. The first-order valence-electron chi connectivity index (χ1n) is 9.19. The summed E-state index contributed by atoms with van der Waals surface area (Å²) in [6.07, 6.45) is 4.16. The number of nitrogens with one attached hydrogen (secondary N) is 1. The highest BCUT2D eigenvalue weighted by Crippen LogP contribution is 2.28. The van der Waals surface area contributed by atoms with E-state index in [2.05, 4.69) is 62.5 Å². The largest absolute Gasteiger partial charge is 0.508 e. The third-order valence-corrected chi connectivity index (χ3v) is 4.77. The van der Waals surface area contributed by atoms with Crippen molar-refractivity contribution in [3.8, 4) is 22.8 Å². The Morgan fingerprint density at radius 2 is 1.89 bits per heavy atom. The van der Waals surface area contributed by atoms with Gasteiger partial charge < -0.3 is 10.4 Å². The van der Waals surface area contributed by atoms with E-state index in [1.165, 1.54) is 5.56 Å². The predicted molar refractivity (Wildman–Crippen MR) is 107 cm³/mol. The summed E-state index contributed by atoms with van der Waals surface area (Å²) in [6.45, 7) is 7.43. The molecule has 4 rings (SSSR count). The molecule has 0 fully saturated rings. The minimum atomic E-state index is 0.0103. The summed E-state index contributed by atoms with van der Waals surface area (Å²) in [4.78, 5) is 4.82. The Morgan fingerprint density at radius 3 is 2.52 bits per heavy atom. The highest BCUT2D eigenvalue weighted by Gasteiger charge is 2.21. The van der Waals surface area contributed by atoms with Crippen molar-refractivity contribution in [2.75, 3.05) is 6.54 Å². The minimum Gasteiger partial charge on any atom is -0.508 e. The number of phenolic OH excluding ortho intramolecular Hbond substituents is 1. The van der Waals surface area contributed by atoms with Gasteiger partial charge in [0.1, 0.15) is 5.75 Å². The summed E-state index contributed by atoms with van der Waals surface area (Å²) < 4.78 is 1.80. The number of nitrogens with zero attached hydrogens (tertiary/aromatic N) is 3. The first kappa shape index (κ1) is 17.5. The lowest BCUT2D eigenvalue weighted by Crippen LogP contribution is -2.15. The van der Waals surface area contributed by atoms with Crippen LogP contribution >= 0.6 is 0 Å². The van der Waals surface area contributed by atoms with Gasteiger partial charge in [0.25, 0.3) is 0 Å². The van der Waals surface area contributed by atoms with Crippen molar-refractivity contribution < 1.29 is 5.11 Å². The Balaban J connectivity index is 1.81. The smallest absolute Gasteiger partial charge is 0.172 e. The second-order valence-corrected chi connectivity index (χ2v) is 7.87. The van der Waals surface area contributed by atoms with Gasteiger partial charge >= 0.3 is 0 Å². The molecular weight excluding hydrogens is 336 g/mol. The summed E-state index contributed by atoms with van der Waals surface area (Å²) >= 11 is 0. The molecule has 0 saturated carbocycles. The van der Waals surface area contributed by atoms with Gasteiger partial charge in [0.15, 0.2) is 11.6 Å². The zero-order valence-electron chi connectivity index (χ0n) is 15.8. The molecule has 1 aliphatic heterocycles. The fourth-order valence-corrected chi connectivity index (χ4v) is 3.22. The van der Waals surface area contributed by atoms with Gasteiger partial charge in [0.05, 0.1) is 11.7 Å². The maximum Gasteiger partial charge on any atom is 0.172 e. The molecule has 3 aromatic rings. The number of benzene rings is 2. The third kappa shape index (κ3) is 3.51. The van der Waals surface area contributed by atoms with Crippen molar-refractivity contribution in [3.63, 3.8) is 0 Å². The minimum absolute atomic E-state index is 0.0103. The molecule has 1 aromatic heterocycles. The van der Waals surface area contributed by atoms with E-state index in [-0.39, 0.29) is 17.2 Å². The van der Waals surface area contributed by atoms with Crippen LogP contribution in [0.25, 0.3) is 17.1 Å². The van der Waals surface area contributed by atoms with Crippen LogP contribution in [0.15, 0.2) is 60.7 Å². The molecule has 2 N–H and O–H groups in total. The van der Waals surface area contributed by atoms with E-state index in [0.29, 0.717) is 0 Å². The number of aromatic nitrogens is 3. The van der Waals surface area contributed by atoms with Crippen molar-refractivity contribution in [1.29, 1.82) is 0 Å². The topological polar surface area (TPSA) is 63.0 Å². The van der Waals surface area contributed by atoms with Gasteiger partial charge in [-0.1, -0.05) is 63.3 Å². The van der Waals surface area contributed by atoms with Crippen LogP contribution in [0.5, 0.6) is 5.75 Å². The normalized spacial score (nSPS) is 16.8. The SMILES string of the molecule is CC(C)(C)c1ccc(-c2nc(C3C=CCN3)nn2-c2cccc(O)c2)cc1.